The minimum Gasteiger partial charge on any atom is -0.118 e. The van der Waals surface area contributed by atoms with Gasteiger partial charge in [-0.1, -0.05) is 23.2 Å². The molecule has 1 aliphatic rings. The number of hydrogen-bond donors (Lipinski definition) is 0. The summed E-state index contributed by atoms with van der Waals surface area (Å²) in [6, 6.07) is 0. The lowest BCUT2D eigenvalue weighted by atomic mass is 10.9. The monoisotopic (exact) mass is 178 g/mol. The van der Waals surface area contributed by atoms with Crippen molar-refractivity contribution in [3.05, 3.63) is 0 Å². The van der Waals surface area contributed by atoms with E-state index in [1.807, 2.05) is 0 Å². The normalized spacial score (nSPS) is 46.3. The van der Waals surface area contributed by atoms with Crippen LogP contribution < -0.4 is 0 Å². The summed E-state index contributed by atoms with van der Waals surface area (Å²) in [7, 11) is 0. The Hall–Kier alpha value is 1.16. The Morgan fingerprint density at radius 1 is 1.00 bits per heavy atom. The summed E-state index contributed by atoms with van der Waals surface area (Å²) < 4.78 is -0.858. The highest BCUT2D eigenvalue weighted by Crippen LogP contribution is 2.54. The Morgan fingerprint density at radius 3 is 1.14 bits per heavy atom. The van der Waals surface area contributed by atoms with Gasteiger partial charge < -0.3 is 0 Å². The standard InChI is InChI=1S/C3H2Cl4/c4-1-2(5)3(1,6)7/h1-2H. The lowest BCUT2D eigenvalue weighted by Gasteiger charge is -1.84. The molecule has 0 nitrogen and oxygen atoms in total. The quantitative estimate of drug-likeness (QED) is 0.502. The molecule has 0 spiro atoms. The third-order valence-electron chi connectivity index (χ3n) is 0.883. The molecule has 0 saturated heterocycles. The van der Waals surface area contributed by atoms with E-state index in [-0.39, 0.29) is 10.8 Å². The van der Waals surface area contributed by atoms with E-state index in [0.29, 0.717) is 0 Å². The maximum atomic E-state index is 5.44. The van der Waals surface area contributed by atoms with E-state index in [9.17, 15) is 0 Å². The second kappa shape index (κ2) is 1.57. The highest BCUT2D eigenvalue weighted by Gasteiger charge is 2.62. The first-order valence-corrected chi connectivity index (χ1v) is 3.35. The summed E-state index contributed by atoms with van der Waals surface area (Å²) in [5.74, 6) is 0. The van der Waals surface area contributed by atoms with Crippen LogP contribution in [0, 0.1) is 0 Å². The molecule has 4 heteroatoms. The fourth-order valence-electron chi connectivity index (χ4n) is 0.255. The third kappa shape index (κ3) is 0.829. The van der Waals surface area contributed by atoms with Gasteiger partial charge in [-0.05, 0) is 0 Å². The molecule has 1 fully saturated rings. The molecule has 0 aromatic heterocycles. The number of rotatable bonds is 0. The highest BCUT2D eigenvalue weighted by molar-refractivity contribution is 6.62. The van der Waals surface area contributed by atoms with Gasteiger partial charge >= 0.3 is 0 Å². The van der Waals surface area contributed by atoms with E-state index in [2.05, 4.69) is 0 Å². The number of hydrogen-bond acceptors (Lipinski definition) is 0. The zero-order chi connectivity index (χ0) is 5.65. The molecule has 1 saturated carbocycles. The van der Waals surface area contributed by atoms with Gasteiger partial charge in [-0.15, -0.1) is 23.2 Å². The molecule has 2 atom stereocenters. The molecule has 0 N–H and O–H groups in total. The van der Waals surface area contributed by atoms with Gasteiger partial charge in [0, 0.05) is 0 Å². The lowest BCUT2D eigenvalue weighted by Crippen LogP contribution is -1.87. The van der Waals surface area contributed by atoms with E-state index in [4.69, 9.17) is 46.4 Å². The molecule has 1 rings (SSSR count). The van der Waals surface area contributed by atoms with Crippen LogP contribution in [0.15, 0.2) is 0 Å². The predicted molar refractivity (Wildman–Crippen MR) is 33.7 cm³/mol. The Bertz CT molecular complexity index is 78.9. The van der Waals surface area contributed by atoms with Gasteiger partial charge in [0.05, 0.1) is 10.8 Å². The van der Waals surface area contributed by atoms with Crippen molar-refractivity contribution in [2.75, 3.05) is 0 Å². The second-order valence-electron chi connectivity index (χ2n) is 1.48. The first kappa shape index (κ1) is 6.28. The van der Waals surface area contributed by atoms with Gasteiger partial charge in [-0.25, -0.2) is 0 Å². The lowest BCUT2D eigenvalue weighted by molar-refractivity contribution is 1.36. The van der Waals surface area contributed by atoms with Crippen LogP contribution in [0.5, 0.6) is 0 Å². The van der Waals surface area contributed by atoms with Crippen molar-refractivity contribution in [2.24, 2.45) is 0 Å². The van der Waals surface area contributed by atoms with Gasteiger partial charge in [-0.2, -0.15) is 0 Å². The van der Waals surface area contributed by atoms with E-state index in [1.165, 1.54) is 0 Å². The van der Waals surface area contributed by atoms with Crippen LogP contribution in [0.25, 0.3) is 0 Å². The van der Waals surface area contributed by atoms with Gasteiger partial charge in [0.25, 0.3) is 0 Å². The van der Waals surface area contributed by atoms with Crippen molar-refractivity contribution in [2.45, 2.75) is 15.1 Å². The Morgan fingerprint density at radius 2 is 1.14 bits per heavy atom. The van der Waals surface area contributed by atoms with Crippen LogP contribution >= 0.6 is 46.4 Å². The first-order valence-electron chi connectivity index (χ1n) is 1.73. The molecular weight excluding hydrogens is 178 g/mol. The molecule has 0 aliphatic heterocycles. The zero-order valence-corrected chi connectivity index (χ0v) is 6.19. The molecule has 0 heterocycles. The van der Waals surface area contributed by atoms with Gasteiger partial charge in [0.2, 0.25) is 0 Å². The summed E-state index contributed by atoms with van der Waals surface area (Å²) in [6.45, 7) is 0. The predicted octanol–water partition coefficient (Wildman–Crippen LogP) is 2.39. The summed E-state index contributed by atoms with van der Waals surface area (Å²) in [4.78, 5) is 0. The minimum atomic E-state index is -0.858. The van der Waals surface area contributed by atoms with Crippen LogP contribution in [0.1, 0.15) is 0 Å². The maximum absolute atomic E-state index is 5.44. The SMILES string of the molecule is ClC1C(Cl)C1(Cl)Cl. The molecular formula is C3H2Cl4. The van der Waals surface area contributed by atoms with Gasteiger partial charge in [0.1, 0.15) is 0 Å². The van der Waals surface area contributed by atoms with E-state index < -0.39 is 4.33 Å². The first-order chi connectivity index (χ1) is 3.07. The van der Waals surface area contributed by atoms with Crippen molar-refractivity contribution >= 4 is 46.4 Å². The summed E-state index contributed by atoms with van der Waals surface area (Å²) in [5, 5.41) is -0.532. The molecule has 0 aromatic rings. The molecule has 42 valence electrons. The molecule has 7 heavy (non-hydrogen) atoms. The van der Waals surface area contributed by atoms with Gasteiger partial charge in [0.15, 0.2) is 4.33 Å². The second-order valence-corrected chi connectivity index (χ2v) is 3.86. The Balaban J connectivity index is 2.52. The summed E-state index contributed by atoms with van der Waals surface area (Å²) >= 11 is 21.8. The third-order valence-corrected chi connectivity index (χ3v) is 3.59. The van der Waals surface area contributed by atoms with Crippen LogP contribution in [0.3, 0.4) is 0 Å². The molecule has 0 radical (unpaired) electrons. The zero-order valence-electron chi connectivity index (χ0n) is 3.17. The van der Waals surface area contributed by atoms with E-state index >= 15 is 0 Å². The number of halogens is 4. The molecule has 0 amide bonds. The average Bonchev–Trinajstić information content (AvgIpc) is 1.91. The molecule has 1 aliphatic carbocycles. The smallest absolute Gasteiger partial charge is 0.118 e. The van der Waals surface area contributed by atoms with Crippen molar-refractivity contribution in [1.29, 1.82) is 0 Å². The molecule has 2 unspecified atom stereocenters. The van der Waals surface area contributed by atoms with Crippen LogP contribution in [0.4, 0.5) is 0 Å². The van der Waals surface area contributed by atoms with Crippen molar-refractivity contribution < 1.29 is 0 Å². The molecule has 0 aromatic carbocycles. The highest BCUT2D eigenvalue weighted by atomic mass is 35.5. The fourth-order valence-corrected chi connectivity index (χ4v) is 1.48. The average molecular weight is 180 g/mol. The Kier molecular flexibility index (Phi) is 1.41. The van der Waals surface area contributed by atoms with Crippen molar-refractivity contribution in [3.8, 4) is 0 Å². The van der Waals surface area contributed by atoms with Crippen LogP contribution in [0.2, 0.25) is 0 Å². The van der Waals surface area contributed by atoms with Gasteiger partial charge in [-0.3, -0.25) is 0 Å². The van der Waals surface area contributed by atoms with Crippen molar-refractivity contribution in [1.82, 2.24) is 0 Å². The van der Waals surface area contributed by atoms with Crippen molar-refractivity contribution in [3.63, 3.8) is 0 Å². The maximum Gasteiger partial charge on any atom is 0.153 e. The largest absolute Gasteiger partial charge is 0.153 e. The van der Waals surface area contributed by atoms with Crippen LogP contribution in [-0.2, 0) is 0 Å². The Labute approximate surface area is 61.7 Å². The fraction of sp³-hybridized carbons (Fsp3) is 1.00. The topological polar surface area (TPSA) is 0 Å². The minimum absolute atomic E-state index is 0.266. The summed E-state index contributed by atoms with van der Waals surface area (Å²) in [5.41, 5.74) is 0. The van der Waals surface area contributed by atoms with E-state index in [0.717, 1.165) is 0 Å². The van der Waals surface area contributed by atoms with E-state index in [1.54, 1.807) is 0 Å². The number of alkyl halides is 4. The van der Waals surface area contributed by atoms with Crippen LogP contribution in [-0.4, -0.2) is 15.1 Å². The summed E-state index contributed by atoms with van der Waals surface area (Å²) in [6.07, 6.45) is 0. The molecule has 0 bridgehead atoms.